The highest BCUT2D eigenvalue weighted by Crippen LogP contribution is 2.36. The lowest BCUT2D eigenvalue weighted by atomic mass is 10.1. The summed E-state index contributed by atoms with van der Waals surface area (Å²) in [5.74, 6) is 1.26. The monoisotopic (exact) mass is 381 g/mol. The van der Waals surface area contributed by atoms with Crippen molar-refractivity contribution in [3.8, 4) is 11.5 Å². The Morgan fingerprint density at radius 2 is 1.83 bits per heavy atom. The van der Waals surface area contributed by atoms with Crippen LogP contribution in [0.2, 0.25) is 0 Å². The highest BCUT2D eigenvalue weighted by atomic mass is 79.9. The van der Waals surface area contributed by atoms with Crippen molar-refractivity contribution in [1.29, 1.82) is 0 Å². The molecule has 3 nitrogen and oxygen atoms in total. The molecule has 0 aliphatic rings. The van der Waals surface area contributed by atoms with Gasteiger partial charge in [0.05, 0.1) is 13.7 Å². The van der Waals surface area contributed by atoms with Gasteiger partial charge in [0.1, 0.15) is 5.82 Å². The van der Waals surface area contributed by atoms with Crippen molar-refractivity contribution in [3.05, 3.63) is 57.8 Å². The van der Waals surface area contributed by atoms with Crippen LogP contribution in [-0.4, -0.2) is 13.7 Å². The fraction of sp³-hybridized carbons (Fsp3) is 0.333. The second kappa shape index (κ2) is 8.89. The molecule has 2 aromatic carbocycles. The first-order valence-electron chi connectivity index (χ1n) is 7.59. The van der Waals surface area contributed by atoms with Gasteiger partial charge >= 0.3 is 0 Å². The van der Waals surface area contributed by atoms with E-state index in [0.29, 0.717) is 19.7 Å². The molecule has 0 saturated heterocycles. The third kappa shape index (κ3) is 4.94. The minimum Gasteiger partial charge on any atom is -0.493 e. The molecule has 0 atom stereocenters. The van der Waals surface area contributed by atoms with E-state index in [2.05, 4.69) is 28.2 Å². The maximum Gasteiger partial charge on any atom is 0.166 e. The molecule has 2 aromatic rings. The zero-order valence-electron chi connectivity index (χ0n) is 13.4. The van der Waals surface area contributed by atoms with Crippen LogP contribution in [0, 0.1) is 5.82 Å². The normalized spacial score (nSPS) is 10.6. The first kappa shape index (κ1) is 17.8. The summed E-state index contributed by atoms with van der Waals surface area (Å²) in [4.78, 5) is 0. The molecule has 0 aliphatic carbocycles. The van der Waals surface area contributed by atoms with Crippen LogP contribution >= 0.6 is 15.9 Å². The van der Waals surface area contributed by atoms with E-state index >= 15 is 0 Å². The molecule has 0 radical (unpaired) electrons. The number of methoxy groups -OCH3 is 1. The van der Waals surface area contributed by atoms with Crippen molar-refractivity contribution in [2.45, 2.75) is 26.4 Å². The molecule has 0 heterocycles. The van der Waals surface area contributed by atoms with Crippen LogP contribution in [0.4, 0.5) is 4.39 Å². The van der Waals surface area contributed by atoms with Crippen molar-refractivity contribution < 1.29 is 13.9 Å². The number of nitrogens with one attached hydrogen (secondary N) is 1. The number of ether oxygens (including phenoxy) is 2. The van der Waals surface area contributed by atoms with Gasteiger partial charge in [0.25, 0.3) is 0 Å². The SMILES string of the molecule is CCCOc1c(OC)ccc(Br)c1CNCc1ccc(F)cc1. The summed E-state index contributed by atoms with van der Waals surface area (Å²) in [5, 5.41) is 3.36. The Hall–Kier alpha value is -1.59. The van der Waals surface area contributed by atoms with Crippen molar-refractivity contribution in [2.75, 3.05) is 13.7 Å². The third-order valence-electron chi connectivity index (χ3n) is 3.38. The van der Waals surface area contributed by atoms with Crippen molar-refractivity contribution in [1.82, 2.24) is 5.32 Å². The van der Waals surface area contributed by atoms with Gasteiger partial charge in [0, 0.05) is 23.1 Å². The predicted molar refractivity (Wildman–Crippen MR) is 93.4 cm³/mol. The number of rotatable bonds is 8. The number of hydrogen-bond donors (Lipinski definition) is 1. The maximum absolute atomic E-state index is 12.9. The summed E-state index contributed by atoms with van der Waals surface area (Å²) >= 11 is 3.57. The zero-order chi connectivity index (χ0) is 16.7. The second-order valence-corrected chi connectivity index (χ2v) is 5.99. The van der Waals surface area contributed by atoms with E-state index in [1.807, 2.05) is 12.1 Å². The molecule has 0 aromatic heterocycles. The maximum atomic E-state index is 12.9. The average Bonchev–Trinajstić information content (AvgIpc) is 2.56. The Kier molecular flexibility index (Phi) is 6.86. The summed E-state index contributed by atoms with van der Waals surface area (Å²) in [6.07, 6.45) is 0.929. The first-order chi connectivity index (χ1) is 11.2. The Morgan fingerprint density at radius 3 is 2.48 bits per heavy atom. The second-order valence-electron chi connectivity index (χ2n) is 5.14. The van der Waals surface area contributed by atoms with E-state index in [0.717, 1.165) is 33.5 Å². The van der Waals surface area contributed by atoms with Crippen molar-refractivity contribution in [2.24, 2.45) is 0 Å². The Bertz CT molecular complexity index is 632. The summed E-state index contributed by atoms with van der Waals surface area (Å²) in [6.45, 7) is 3.97. The number of halogens is 2. The fourth-order valence-corrected chi connectivity index (χ4v) is 2.66. The third-order valence-corrected chi connectivity index (χ3v) is 4.12. The van der Waals surface area contributed by atoms with Gasteiger partial charge in [-0.2, -0.15) is 0 Å². The van der Waals surface area contributed by atoms with Gasteiger partial charge in [-0.3, -0.25) is 0 Å². The minimum absolute atomic E-state index is 0.223. The van der Waals surface area contributed by atoms with E-state index in [1.54, 1.807) is 19.2 Å². The van der Waals surface area contributed by atoms with E-state index in [9.17, 15) is 4.39 Å². The van der Waals surface area contributed by atoms with Crippen molar-refractivity contribution in [3.63, 3.8) is 0 Å². The zero-order valence-corrected chi connectivity index (χ0v) is 15.0. The summed E-state index contributed by atoms with van der Waals surface area (Å²) in [6, 6.07) is 10.3. The van der Waals surface area contributed by atoms with Gasteiger partial charge in [-0.15, -0.1) is 0 Å². The summed E-state index contributed by atoms with van der Waals surface area (Å²) in [5.41, 5.74) is 2.04. The van der Waals surface area contributed by atoms with Gasteiger partial charge in [-0.05, 0) is 36.2 Å². The Labute approximate surface area is 144 Å². The van der Waals surface area contributed by atoms with E-state index < -0.39 is 0 Å². The number of hydrogen-bond acceptors (Lipinski definition) is 3. The van der Waals surface area contributed by atoms with Gasteiger partial charge in [0.15, 0.2) is 11.5 Å². The largest absolute Gasteiger partial charge is 0.493 e. The molecule has 1 N–H and O–H groups in total. The molecule has 0 fully saturated rings. The molecule has 2 rings (SSSR count). The van der Waals surface area contributed by atoms with Crippen LogP contribution in [-0.2, 0) is 13.1 Å². The predicted octanol–water partition coefficient (Wildman–Crippen LogP) is 4.68. The topological polar surface area (TPSA) is 30.5 Å². The van der Waals surface area contributed by atoms with Gasteiger partial charge in [-0.25, -0.2) is 4.39 Å². The first-order valence-corrected chi connectivity index (χ1v) is 8.38. The lowest BCUT2D eigenvalue weighted by molar-refractivity contribution is 0.290. The smallest absolute Gasteiger partial charge is 0.166 e. The molecule has 0 saturated carbocycles. The van der Waals surface area contributed by atoms with Crippen LogP contribution in [0.25, 0.3) is 0 Å². The van der Waals surface area contributed by atoms with Crippen molar-refractivity contribution >= 4 is 15.9 Å². The van der Waals surface area contributed by atoms with Crippen LogP contribution in [0.1, 0.15) is 24.5 Å². The molecule has 0 spiro atoms. The summed E-state index contributed by atoms with van der Waals surface area (Å²) in [7, 11) is 1.64. The molecule has 0 bridgehead atoms. The van der Waals surface area contributed by atoms with E-state index in [4.69, 9.17) is 9.47 Å². The Morgan fingerprint density at radius 1 is 1.09 bits per heavy atom. The van der Waals surface area contributed by atoms with Crippen LogP contribution in [0.5, 0.6) is 11.5 Å². The van der Waals surface area contributed by atoms with E-state index in [1.165, 1.54) is 12.1 Å². The van der Waals surface area contributed by atoms with Crippen LogP contribution in [0.3, 0.4) is 0 Å². The number of benzene rings is 2. The van der Waals surface area contributed by atoms with E-state index in [-0.39, 0.29) is 5.82 Å². The van der Waals surface area contributed by atoms with Gasteiger partial charge < -0.3 is 14.8 Å². The lowest BCUT2D eigenvalue weighted by Crippen LogP contribution is -2.14. The quantitative estimate of drug-likeness (QED) is 0.720. The lowest BCUT2D eigenvalue weighted by Gasteiger charge is -2.17. The fourth-order valence-electron chi connectivity index (χ4n) is 2.20. The van der Waals surface area contributed by atoms with Crippen LogP contribution in [0.15, 0.2) is 40.9 Å². The molecule has 0 unspecified atom stereocenters. The van der Waals surface area contributed by atoms with Gasteiger partial charge in [-0.1, -0.05) is 35.0 Å². The molecule has 5 heteroatoms. The summed E-state index contributed by atoms with van der Waals surface area (Å²) < 4.78 is 25.2. The molecular weight excluding hydrogens is 361 g/mol. The van der Waals surface area contributed by atoms with Crippen LogP contribution < -0.4 is 14.8 Å². The standard InChI is InChI=1S/C18H21BrFNO2/c1-3-10-23-18-15(16(19)8-9-17(18)22-2)12-21-11-13-4-6-14(20)7-5-13/h4-9,21H,3,10-12H2,1-2H3. The molecule has 0 amide bonds. The molecular formula is C18H21BrFNO2. The highest BCUT2D eigenvalue weighted by Gasteiger charge is 2.14. The Balaban J connectivity index is 2.09. The minimum atomic E-state index is -0.223. The van der Waals surface area contributed by atoms with Gasteiger partial charge in [0.2, 0.25) is 0 Å². The average molecular weight is 382 g/mol. The molecule has 124 valence electrons. The molecule has 0 aliphatic heterocycles. The highest BCUT2D eigenvalue weighted by molar-refractivity contribution is 9.10. The molecule has 23 heavy (non-hydrogen) atoms.